The van der Waals surface area contributed by atoms with Crippen LogP contribution in [-0.4, -0.2) is 26.8 Å². The van der Waals surface area contributed by atoms with Crippen molar-refractivity contribution in [1.82, 2.24) is 0 Å². The van der Waals surface area contributed by atoms with Crippen LogP contribution in [0.5, 0.6) is 0 Å². The van der Waals surface area contributed by atoms with Crippen molar-refractivity contribution in [3.63, 3.8) is 0 Å². The Hall–Kier alpha value is -1.14. The maximum absolute atomic E-state index is 12.9. The fraction of sp³-hybridized carbons (Fsp3) is 0.333. The number of rotatable bonds is 1. The summed E-state index contributed by atoms with van der Waals surface area (Å²) in [6, 6.07) is 3.25. The highest BCUT2D eigenvalue weighted by Crippen LogP contribution is 2.28. The van der Waals surface area contributed by atoms with Crippen LogP contribution in [0.2, 0.25) is 0 Å². The number of benzene rings is 1. The zero-order chi connectivity index (χ0) is 11.1. The molecule has 0 saturated carbocycles. The van der Waals surface area contributed by atoms with Crippen LogP contribution in [0.25, 0.3) is 0 Å². The quantitative estimate of drug-likeness (QED) is 0.683. The highest BCUT2D eigenvalue weighted by atomic mass is 32.2. The lowest BCUT2D eigenvalue weighted by molar-refractivity contribution is 0.584. The maximum Gasteiger partial charge on any atom is 0.182 e. The Morgan fingerprint density at radius 2 is 2.27 bits per heavy atom. The Morgan fingerprint density at radius 1 is 1.53 bits per heavy atom. The van der Waals surface area contributed by atoms with Gasteiger partial charge in [-0.3, -0.25) is 0 Å². The number of sulfone groups is 1. The largest absolute Gasteiger partial charge is 0.379 e. The SMILES string of the molecule is NCC1CS(=O)(=O)c2ccc(F)cc2N1. The van der Waals surface area contributed by atoms with Crippen LogP contribution >= 0.6 is 0 Å². The van der Waals surface area contributed by atoms with Gasteiger partial charge in [0.25, 0.3) is 0 Å². The van der Waals surface area contributed by atoms with Gasteiger partial charge in [-0.15, -0.1) is 0 Å². The minimum atomic E-state index is -3.33. The van der Waals surface area contributed by atoms with E-state index in [2.05, 4.69) is 5.32 Å². The van der Waals surface area contributed by atoms with Gasteiger partial charge in [-0.25, -0.2) is 12.8 Å². The molecule has 0 aliphatic carbocycles. The first-order chi connectivity index (χ1) is 7.03. The van der Waals surface area contributed by atoms with Crippen LogP contribution in [0, 0.1) is 5.82 Å². The summed E-state index contributed by atoms with van der Waals surface area (Å²) in [7, 11) is -3.33. The fourth-order valence-corrected chi connectivity index (χ4v) is 3.29. The van der Waals surface area contributed by atoms with Crippen LogP contribution in [0.4, 0.5) is 10.1 Å². The van der Waals surface area contributed by atoms with Crippen LogP contribution in [0.3, 0.4) is 0 Å². The van der Waals surface area contributed by atoms with Gasteiger partial charge in [0, 0.05) is 6.54 Å². The Morgan fingerprint density at radius 3 is 2.93 bits per heavy atom. The summed E-state index contributed by atoms with van der Waals surface area (Å²) in [5.41, 5.74) is 5.70. The Balaban J connectivity index is 2.55. The number of hydrogen-bond acceptors (Lipinski definition) is 4. The molecule has 1 aliphatic heterocycles. The molecule has 2 rings (SSSR count). The van der Waals surface area contributed by atoms with Gasteiger partial charge < -0.3 is 11.1 Å². The van der Waals surface area contributed by atoms with E-state index in [1.807, 2.05) is 0 Å². The Bertz CT molecular complexity index is 487. The number of nitrogens with one attached hydrogen (secondary N) is 1. The molecule has 0 fully saturated rings. The van der Waals surface area contributed by atoms with Crippen molar-refractivity contribution in [2.24, 2.45) is 5.73 Å². The van der Waals surface area contributed by atoms with Crippen LogP contribution in [-0.2, 0) is 9.84 Å². The van der Waals surface area contributed by atoms with E-state index in [-0.39, 0.29) is 23.2 Å². The third kappa shape index (κ3) is 1.82. The third-order valence-corrected chi connectivity index (χ3v) is 4.21. The fourth-order valence-electron chi connectivity index (χ4n) is 1.63. The van der Waals surface area contributed by atoms with Gasteiger partial charge >= 0.3 is 0 Å². The van der Waals surface area contributed by atoms with Crippen molar-refractivity contribution in [2.75, 3.05) is 17.6 Å². The molecular weight excluding hydrogens is 219 g/mol. The predicted octanol–water partition coefficient (Wildman–Crippen LogP) is 0.352. The number of halogens is 1. The van der Waals surface area contributed by atoms with E-state index in [1.54, 1.807) is 0 Å². The molecule has 1 aromatic rings. The van der Waals surface area contributed by atoms with E-state index in [0.717, 1.165) is 6.07 Å². The molecule has 0 amide bonds. The Kier molecular flexibility index (Phi) is 2.40. The van der Waals surface area contributed by atoms with Crippen LogP contribution in [0.15, 0.2) is 23.1 Å². The average molecular weight is 230 g/mol. The van der Waals surface area contributed by atoms with E-state index in [0.29, 0.717) is 5.69 Å². The lowest BCUT2D eigenvalue weighted by Gasteiger charge is -2.25. The molecular formula is C9H11FN2O2S. The first-order valence-corrected chi connectivity index (χ1v) is 6.17. The highest BCUT2D eigenvalue weighted by molar-refractivity contribution is 7.91. The number of fused-ring (bicyclic) bond motifs is 1. The zero-order valence-electron chi connectivity index (χ0n) is 7.90. The van der Waals surface area contributed by atoms with Crippen molar-refractivity contribution in [3.05, 3.63) is 24.0 Å². The molecule has 1 heterocycles. The molecule has 82 valence electrons. The van der Waals surface area contributed by atoms with Crippen molar-refractivity contribution < 1.29 is 12.8 Å². The van der Waals surface area contributed by atoms with Crippen molar-refractivity contribution >= 4 is 15.5 Å². The molecule has 0 aromatic heterocycles. The minimum Gasteiger partial charge on any atom is -0.379 e. The topological polar surface area (TPSA) is 72.2 Å². The van der Waals surface area contributed by atoms with Crippen LogP contribution < -0.4 is 11.1 Å². The molecule has 6 heteroatoms. The standard InChI is InChI=1S/C9H11FN2O2S/c10-6-1-2-9-8(3-6)12-7(4-11)5-15(9,13)14/h1-3,7,12H,4-5,11H2. The molecule has 0 bridgehead atoms. The molecule has 1 aliphatic rings. The summed E-state index contributed by atoms with van der Waals surface area (Å²) in [6.07, 6.45) is 0. The van der Waals surface area contributed by atoms with E-state index in [1.165, 1.54) is 12.1 Å². The van der Waals surface area contributed by atoms with Gasteiger partial charge in [-0.2, -0.15) is 0 Å². The van der Waals surface area contributed by atoms with Gasteiger partial charge in [0.05, 0.1) is 22.4 Å². The molecule has 1 unspecified atom stereocenters. The molecule has 0 saturated heterocycles. The van der Waals surface area contributed by atoms with Gasteiger partial charge in [-0.05, 0) is 18.2 Å². The summed E-state index contributed by atoms with van der Waals surface area (Å²) < 4.78 is 36.4. The third-order valence-electron chi connectivity index (χ3n) is 2.34. The van der Waals surface area contributed by atoms with Crippen molar-refractivity contribution in [1.29, 1.82) is 0 Å². The zero-order valence-corrected chi connectivity index (χ0v) is 8.72. The molecule has 0 spiro atoms. The molecule has 0 radical (unpaired) electrons. The Labute approximate surface area is 87.2 Å². The number of nitrogens with two attached hydrogens (primary N) is 1. The second-order valence-corrected chi connectivity index (χ2v) is 5.50. The lowest BCUT2D eigenvalue weighted by atomic mass is 10.2. The summed E-state index contributed by atoms with van der Waals surface area (Å²) >= 11 is 0. The summed E-state index contributed by atoms with van der Waals surface area (Å²) in [4.78, 5) is 0.147. The second-order valence-electron chi connectivity index (χ2n) is 3.50. The van der Waals surface area contributed by atoms with Gasteiger partial charge in [-0.1, -0.05) is 0 Å². The molecule has 4 nitrogen and oxygen atoms in total. The molecule has 1 atom stereocenters. The van der Waals surface area contributed by atoms with Gasteiger partial charge in [0.15, 0.2) is 9.84 Å². The van der Waals surface area contributed by atoms with Gasteiger partial charge in [0.2, 0.25) is 0 Å². The lowest BCUT2D eigenvalue weighted by Crippen LogP contribution is -2.39. The second kappa shape index (κ2) is 3.46. The van der Waals surface area contributed by atoms with E-state index in [4.69, 9.17) is 5.73 Å². The molecule has 1 aromatic carbocycles. The average Bonchev–Trinajstić information content (AvgIpc) is 2.15. The first-order valence-electron chi connectivity index (χ1n) is 4.52. The predicted molar refractivity (Wildman–Crippen MR) is 54.9 cm³/mol. The monoisotopic (exact) mass is 230 g/mol. The smallest absolute Gasteiger partial charge is 0.182 e. The number of anilines is 1. The first kappa shape index (κ1) is 10.4. The number of hydrogen-bond donors (Lipinski definition) is 2. The normalized spacial score (nSPS) is 22.9. The minimum absolute atomic E-state index is 0.0396. The highest BCUT2D eigenvalue weighted by Gasteiger charge is 2.29. The van der Waals surface area contributed by atoms with Crippen molar-refractivity contribution in [2.45, 2.75) is 10.9 Å². The molecule has 15 heavy (non-hydrogen) atoms. The molecule has 3 N–H and O–H groups in total. The summed E-state index contributed by atoms with van der Waals surface area (Å²) in [5, 5.41) is 2.90. The van der Waals surface area contributed by atoms with Crippen LogP contribution in [0.1, 0.15) is 0 Å². The van der Waals surface area contributed by atoms with E-state index in [9.17, 15) is 12.8 Å². The summed E-state index contributed by atoms with van der Waals surface area (Å²) in [6.45, 7) is 0.204. The van der Waals surface area contributed by atoms with Crippen molar-refractivity contribution in [3.8, 4) is 0 Å². The van der Waals surface area contributed by atoms with E-state index >= 15 is 0 Å². The summed E-state index contributed by atoms with van der Waals surface area (Å²) in [5.74, 6) is -0.503. The van der Waals surface area contributed by atoms with Gasteiger partial charge in [0.1, 0.15) is 5.82 Å². The maximum atomic E-state index is 12.9. The van der Waals surface area contributed by atoms with E-state index < -0.39 is 15.7 Å².